The molecule has 1 atom stereocenters. The number of rotatable bonds is 43. The molecule has 0 spiro atoms. The lowest BCUT2D eigenvalue weighted by molar-refractivity contribution is -0.167. The minimum atomic E-state index is -0.804. The summed E-state index contributed by atoms with van der Waals surface area (Å²) in [4.78, 5) is 37.8. The van der Waals surface area contributed by atoms with Crippen LogP contribution in [0.5, 0.6) is 0 Å². The smallest absolute Gasteiger partial charge is 0.306 e. The van der Waals surface area contributed by atoms with Crippen LogP contribution in [0.1, 0.15) is 220 Å². The van der Waals surface area contributed by atoms with Crippen LogP contribution in [0.25, 0.3) is 0 Å². The molecule has 0 amide bonds. The maximum Gasteiger partial charge on any atom is 0.306 e. The summed E-state index contributed by atoms with van der Waals surface area (Å²) < 4.78 is 16.7. The fourth-order valence-corrected chi connectivity index (χ4v) is 6.45. The van der Waals surface area contributed by atoms with E-state index in [1.807, 2.05) is 0 Å². The van der Waals surface area contributed by atoms with E-state index in [1.165, 1.54) is 70.6 Å². The number of ether oxygens (including phenoxy) is 3. The Hall–Kier alpha value is -3.41. The van der Waals surface area contributed by atoms with Crippen LogP contribution in [0, 0.1) is 0 Å². The first-order valence-corrected chi connectivity index (χ1v) is 24.6. The number of hydrogen-bond donors (Lipinski definition) is 0. The Labute approximate surface area is 369 Å². The van der Waals surface area contributed by atoms with Gasteiger partial charge in [-0.1, -0.05) is 196 Å². The van der Waals surface area contributed by atoms with Crippen molar-refractivity contribution in [3.05, 3.63) is 85.1 Å². The third kappa shape index (κ3) is 45.7. The van der Waals surface area contributed by atoms with Gasteiger partial charge in [0.1, 0.15) is 13.2 Å². The van der Waals surface area contributed by atoms with Crippen molar-refractivity contribution in [2.45, 2.75) is 226 Å². The topological polar surface area (TPSA) is 78.9 Å². The van der Waals surface area contributed by atoms with Gasteiger partial charge in [0, 0.05) is 19.3 Å². The Morgan fingerprint density at radius 2 is 0.667 bits per heavy atom. The van der Waals surface area contributed by atoms with E-state index in [2.05, 4.69) is 106 Å². The molecule has 0 aliphatic heterocycles. The maximum atomic E-state index is 12.8. The largest absolute Gasteiger partial charge is 0.462 e. The van der Waals surface area contributed by atoms with Gasteiger partial charge in [0.15, 0.2) is 6.10 Å². The van der Waals surface area contributed by atoms with E-state index in [4.69, 9.17) is 14.2 Å². The monoisotopic (exact) mass is 835 g/mol. The SMILES string of the molecule is CC/C=C\C/C=C\C/C=C\C/C=C\C/C=C\CCCC(=O)OC[C@@H](COC(=O)CCCCCCCCCCCC)OC(=O)CCCCCCC/C=C\C/C=C\CCCCC. The molecule has 60 heavy (non-hydrogen) atoms. The molecule has 0 aromatic heterocycles. The number of carbonyl (C=O) groups excluding carboxylic acids is 3. The summed E-state index contributed by atoms with van der Waals surface area (Å²) >= 11 is 0. The highest BCUT2D eigenvalue weighted by molar-refractivity contribution is 5.71. The Morgan fingerprint density at radius 1 is 0.350 bits per heavy atom. The van der Waals surface area contributed by atoms with Gasteiger partial charge in [0.2, 0.25) is 0 Å². The van der Waals surface area contributed by atoms with Gasteiger partial charge in [-0.25, -0.2) is 0 Å². The number of esters is 3. The summed E-state index contributed by atoms with van der Waals surface area (Å²) in [6, 6.07) is 0. The summed E-state index contributed by atoms with van der Waals surface area (Å²) in [6.07, 6.45) is 61.4. The Morgan fingerprint density at radius 3 is 1.12 bits per heavy atom. The third-order valence-electron chi connectivity index (χ3n) is 10.1. The van der Waals surface area contributed by atoms with Crippen LogP contribution in [-0.4, -0.2) is 37.2 Å². The van der Waals surface area contributed by atoms with E-state index in [-0.39, 0.29) is 37.5 Å². The van der Waals surface area contributed by atoms with Gasteiger partial charge in [-0.3, -0.25) is 14.4 Å². The fraction of sp³-hybridized carbons (Fsp3) is 0.685. The average molecular weight is 835 g/mol. The van der Waals surface area contributed by atoms with Crippen molar-refractivity contribution in [1.82, 2.24) is 0 Å². The van der Waals surface area contributed by atoms with Crippen LogP contribution < -0.4 is 0 Å². The number of allylic oxidation sites excluding steroid dienone is 14. The predicted octanol–water partition coefficient (Wildman–Crippen LogP) is 16.0. The molecule has 0 aromatic carbocycles. The number of carbonyl (C=O) groups is 3. The molecular formula is C54H90O6. The van der Waals surface area contributed by atoms with Crippen LogP contribution in [0.15, 0.2) is 85.1 Å². The van der Waals surface area contributed by atoms with Gasteiger partial charge < -0.3 is 14.2 Å². The van der Waals surface area contributed by atoms with Crippen LogP contribution in [-0.2, 0) is 28.6 Å². The summed E-state index contributed by atoms with van der Waals surface area (Å²) in [6.45, 7) is 6.41. The Balaban J connectivity index is 4.49. The molecule has 342 valence electrons. The van der Waals surface area contributed by atoms with E-state index in [1.54, 1.807) is 0 Å². The number of hydrogen-bond acceptors (Lipinski definition) is 6. The van der Waals surface area contributed by atoms with Gasteiger partial charge in [0.05, 0.1) is 0 Å². The molecule has 0 N–H and O–H groups in total. The molecule has 0 heterocycles. The quantitative estimate of drug-likeness (QED) is 0.0263. The zero-order valence-corrected chi connectivity index (χ0v) is 38.9. The van der Waals surface area contributed by atoms with Crippen molar-refractivity contribution in [3.63, 3.8) is 0 Å². The molecule has 0 saturated carbocycles. The fourth-order valence-electron chi connectivity index (χ4n) is 6.45. The summed E-state index contributed by atoms with van der Waals surface area (Å²) in [5.41, 5.74) is 0. The highest BCUT2D eigenvalue weighted by Gasteiger charge is 2.19. The normalized spacial score (nSPS) is 12.8. The molecule has 0 aliphatic rings. The second-order valence-electron chi connectivity index (χ2n) is 16.0. The highest BCUT2D eigenvalue weighted by Crippen LogP contribution is 2.13. The molecule has 0 aromatic rings. The first-order valence-electron chi connectivity index (χ1n) is 24.6. The van der Waals surface area contributed by atoms with Crippen molar-refractivity contribution in [2.24, 2.45) is 0 Å². The average Bonchev–Trinajstić information content (AvgIpc) is 3.24. The summed E-state index contributed by atoms with van der Waals surface area (Å²) in [7, 11) is 0. The second kappa shape index (κ2) is 48.3. The van der Waals surface area contributed by atoms with Crippen molar-refractivity contribution < 1.29 is 28.6 Å². The van der Waals surface area contributed by atoms with Gasteiger partial charge in [0.25, 0.3) is 0 Å². The van der Waals surface area contributed by atoms with Crippen molar-refractivity contribution in [1.29, 1.82) is 0 Å². The van der Waals surface area contributed by atoms with Crippen molar-refractivity contribution >= 4 is 17.9 Å². The van der Waals surface area contributed by atoms with Crippen molar-refractivity contribution in [2.75, 3.05) is 13.2 Å². The molecule has 0 rings (SSSR count). The molecule has 0 saturated heterocycles. The standard InChI is InChI=1S/C54H90O6/c1-4-7-10-13-16-19-22-24-26-27-29-30-32-35-38-41-44-47-53(56)59-50-51(49-58-52(55)46-43-40-37-34-21-18-15-12-9-6-3)60-54(57)48-45-42-39-36-33-31-28-25-23-20-17-14-11-8-5-2/h7,10,16-17,19-20,24-26,28-30,35,38,51H,4-6,8-9,11-15,18,21-23,27,31-34,36-37,39-50H2,1-3H3/b10-7-,19-16-,20-17-,26-24-,28-25-,30-29-,38-35-/t51-/m1/s1. The van der Waals surface area contributed by atoms with Crippen LogP contribution in [0.3, 0.4) is 0 Å². The lowest BCUT2D eigenvalue weighted by Crippen LogP contribution is -2.30. The van der Waals surface area contributed by atoms with Crippen molar-refractivity contribution in [3.8, 4) is 0 Å². The van der Waals surface area contributed by atoms with Crippen LogP contribution in [0.4, 0.5) is 0 Å². The van der Waals surface area contributed by atoms with Crippen LogP contribution in [0.2, 0.25) is 0 Å². The van der Waals surface area contributed by atoms with Gasteiger partial charge in [-0.2, -0.15) is 0 Å². The molecule has 6 heteroatoms. The predicted molar refractivity (Wildman–Crippen MR) is 256 cm³/mol. The molecule has 0 bridgehead atoms. The lowest BCUT2D eigenvalue weighted by Gasteiger charge is -2.18. The van der Waals surface area contributed by atoms with E-state index in [0.29, 0.717) is 19.3 Å². The third-order valence-corrected chi connectivity index (χ3v) is 10.1. The molecular weight excluding hydrogens is 745 g/mol. The molecule has 0 radical (unpaired) electrons. The molecule has 0 fully saturated rings. The zero-order chi connectivity index (χ0) is 43.7. The minimum absolute atomic E-state index is 0.0994. The second-order valence-corrected chi connectivity index (χ2v) is 16.0. The Kier molecular flexibility index (Phi) is 45.5. The number of unbranched alkanes of at least 4 members (excludes halogenated alkanes) is 18. The van der Waals surface area contributed by atoms with E-state index < -0.39 is 6.10 Å². The molecule has 6 nitrogen and oxygen atoms in total. The minimum Gasteiger partial charge on any atom is -0.462 e. The van der Waals surface area contributed by atoms with Gasteiger partial charge in [-0.05, 0) is 89.9 Å². The first kappa shape index (κ1) is 56.6. The van der Waals surface area contributed by atoms with E-state index >= 15 is 0 Å². The summed E-state index contributed by atoms with van der Waals surface area (Å²) in [5, 5.41) is 0. The maximum absolute atomic E-state index is 12.8. The highest BCUT2D eigenvalue weighted by atomic mass is 16.6. The molecule has 0 aliphatic carbocycles. The lowest BCUT2D eigenvalue weighted by atomic mass is 10.1. The Bertz CT molecular complexity index is 1190. The molecule has 0 unspecified atom stereocenters. The van der Waals surface area contributed by atoms with Gasteiger partial charge >= 0.3 is 17.9 Å². The summed E-state index contributed by atoms with van der Waals surface area (Å²) in [5.74, 6) is -0.979. The van der Waals surface area contributed by atoms with Gasteiger partial charge in [-0.15, -0.1) is 0 Å². The zero-order valence-electron chi connectivity index (χ0n) is 38.9. The van der Waals surface area contributed by atoms with E-state index in [9.17, 15) is 14.4 Å². The van der Waals surface area contributed by atoms with Crippen LogP contribution >= 0.6 is 0 Å². The first-order chi connectivity index (χ1) is 29.5. The van der Waals surface area contributed by atoms with E-state index in [0.717, 1.165) is 103 Å².